The number of nitrogen functional groups attached to an aromatic ring is 1. The predicted molar refractivity (Wildman–Crippen MR) is 66.7 cm³/mol. The van der Waals surface area contributed by atoms with Gasteiger partial charge < -0.3 is 4.74 Å². The molecule has 3 N–H and O–H groups in total. The number of carbonyl (C=O) groups excluding carboxylic acids is 1. The summed E-state index contributed by atoms with van der Waals surface area (Å²) in [6.45, 7) is 0.328. The number of ether oxygens (including phenoxy) is 1. The highest BCUT2D eigenvalue weighted by Gasteiger charge is 2.07. The average molecular weight is 266 g/mol. The Labute approximate surface area is 107 Å². The fourth-order valence-corrected chi connectivity index (χ4v) is 2.16. The molecule has 0 radical (unpaired) electrons. The van der Waals surface area contributed by atoms with Crippen LogP contribution in [0.15, 0.2) is 36.4 Å². The summed E-state index contributed by atoms with van der Waals surface area (Å²) in [5.41, 5.74) is 2.06. The third kappa shape index (κ3) is 3.06. The van der Waals surface area contributed by atoms with Crippen LogP contribution in [0.5, 0.6) is 5.75 Å². The number of nitrogens with two attached hydrogens (primary N) is 1. The average Bonchev–Trinajstić information content (AvgIpc) is 2.86. The second kappa shape index (κ2) is 5.61. The molecule has 0 spiro atoms. The number of hydrogen-bond acceptors (Lipinski definition) is 4. The first-order valence-corrected chi connectivity index (χ1v) is 5.98. The van der Waals surface area contributed by atoms with Gasteiger partial charge in [0.05, 0.1) is 4.88 Å². The first-order chi connectivity index (χ1) is 8.69. The zero-order chi connectivity index (χ0) is 13.0. The van der Waals surface area contributed by atoms with Gasteiger partial charge in [-0.3, -0.25) is 10.2 Å². The van der Waals surface area contributed by atoms with Crippen LogP contribution in [0.25, 0.3) is 0 Å². The Morgan fingerprint density at radius 3 is 2.67 bits per heavy atom. The number of carbonyl (C=O) groups is 1. The van der Waals surface area contributed by atoms with Crippen molar-refractivity contribution in [2.75, 3.05) is 0 Å². The van der Waals surface area contributed by atoms with Crippen molar-refractivity contribution < 1.29 is 13.9 Å². The van der Waals surface area contributed by atoms with Gasteiger partial charge in [-0.2, -0.15) is 0 Å². The van der Waals surface area contributed by atoms with Crippen molar-refractivity contribution in [3.63, 3.8) is 0 Å². The number of amides is 1. The van der Waals surface area contributed by atoms with E-state index < -0.39 is 0 Å². The fraction of sp³-hybridized carbons (Fsp3) is 0.0833. The van der Waals surface area contributed by atoms with Gasteiger partial charge in [-0.05, 0) is 36.4 Å². The summed E-state index contributed by atoms with van der Waals surface area (Å²) in [5, 5.41) is 0. The van der Waals surface area contributed by atoms with E-state index in [1.54, 1.807) is 24.3 Å². The molecule has 1 aromatic carbocycles. The third-order valence-corrected chi connectivity index (χ3v) is 3.27. The Balaban J connectivity index is 1.96. The van der Waals surface area contributed by atoms with E-state index in [4.69, 9.17) is 10.6 Å². The molecule has 0 atom stereocenters. The molecule has 0 unspecified atom stereocenters. The highest BCUT2D eigenvalue weighted by molar-refractivity contribution is 7.14. The lowest BCUT2D eigenvalue weighted by Gasteiger charge is -2.03. The van der Waals surface area contributed by atoms with Crippen molar-refractivity contribution in [2.24, 2.45) is 5.84 Å². The molecule has 1 aromatic heterocycles. The molecule has 6 heteroatoms. The van der Waals surface area contributed by atoms with Gasteiger partial charge in [-0.15, -0.1) is 11.3 Å². The van der Waals surface area contributed by atoms with Gasteiger partial charge >= 0.3 is 0 Å². The maximum Gasteiger partial charge on any atom is 0.275 e. The summed E-state index contributed by atoms with van der Waals surface area (Å²) in [7, 11) is 0. The van der Waals surface area contributed by atoms with Crippen molar-refractivity contribution in [1.82, 2.24) is 5.43 Å². The number of hydrogen-bond donors (Lipinski definition) is 2. The normalized spacial score (nSPS) is 10.1. The molecule has 94 valence electrons. The van der Waals surface area contributed by atoms with Crippen molar-refractivity contribution >= 4 is 17.2 Å². The van der Waals surface area contributed by atoms with E-state index in [-0.39, 0.29) is 11.7 Å². The summed E-state index contributed by atoms with van der Waals surface area (Å²) in [5.74, 6) is 4.98. The molecule has 0 fully saturated rings. The minimum absolute atomic E-state index is 0.305. The van der Waals surface area contributed by atoms with E-state index >= 15 is 0 Å². The number of thiophene rings is 1. The van der Waals surface area contributed by atoms with Crippen molar-refractivity contribution in [1.29, 1.82) is 0 Å². The number of rotatable bonds is 4. The minimum Gasteiger partial charge on any atom is -0.488 e. The zero-order valence-corrected chi connectivity index (χ0v) is 10.2. The van der Waals surface area contributed by atoms with E-state index in [2.05, 4.69) is 5.43 Å². The summed E-state index contributed by atoms with van der Waals surface area (Å²) in [4.78, 5) is 12.6. The van der Waals surface area contributed by atoms with Crippen molar-refractivity contribution in [3.8, 4) is 5.75 Å². The summed E-state index contributed by atoms with van der Waals surface area (Å²) >= 11 is 1.30. The lowest BCUT2D eigenvalue weighted by Crippen LogP contribution is -2.29. The largest absolute Gasteiger partial charge is 0.488 e. The number of benzene rings is 1. The molecule has 0 saturated carbocycles. The van der Waals surface area contributed by atoms with Crippen LogP contribution < -0.4 is 16.0 Å². The smallest absolute Gasteiger partial charge is 0.275 e. The Hall–Kier alpha value is -1.92. The predicted octanol–water partition coefficient (Wildman–Crippen LogP) is 2.07. The summed E-state index contributed by atoms with van der Waals surface area (Å²) in [6.07, 6.45) is 0. The van der Waals surface area contributed by atoms with Crippen molar-refractivity contribution in [2.45, 2.75) is 6.61 Å². The molecule has 4 nitrogen and oxygen atoms in total. The van der Waals surface area contributed by atoms with Crippen LogP contribution in [-0.2, 0) is 6.61 Å². The molecule has 18 heavy (non-hydrogen) atoms. The Morgan fingerprint density at radius 1 is 1.28 bits per heavy atom. The van der Waals surface area contributed by atoms with Gasteiger partial charge in [-0.1, -0.05) is 0 Å². The summed E-state index contributed by atoms with van der Waals surface area (Å²) < 4.78 is 18.1. The highest BCUT2D eigenvalue weighted by Crippen LogP contribution is 2.19. The number of nitrogens with one attached hydrogen (secondary N) is 1. The van der Waals surface area contributed by atoms with Crippen molar-refractivity contribution in [3.05, 3.63) is 52.0 Å². The molecule has 1 heterocycles. The molecule has 0 aliphatic carbocycles. The van der Waals surface area contributed by atoms with Gasteiger partial charge in [0.25, 0.3) is 5.91 Å². The molecule has 0 bridgehead atoms. The van der Waals surface area contributed by atoms with Gasteiger partial charge in [0.1, 0.15) is 18.2 Å². The van der Waals surface area contributed by atoms with E-state index in [9.17, 15) is 9.18 Å². The van der Waals surface area contributed by atoms with Crippen LogP contribution >= 0.6 is 11.3 Å². The fourth-order valence-electron chi connectivity index (χ4n) is 1.33. The van der Waals surface area contributed by atoms with Gasteiger partial charge in [0.15, 0.2) is 0 Å². The maximum absolute atomic E-state index is 12.7. The van der Waals surface area contributed by atoms with Crippen LogP contribution in [0.3, 0.4) is 0 Å². The first kappa shape index (κ1) is 12.5. The van der Waals surface area contributed by atoms with Crippen LogP contribution in [0.4, 0.5) is 4.39 Å². The Kier molecular flexibility index (Phi) is 3.91. The third-order valence-electron chi connectivity index (χ3n) is 2.21. The number of halogens is 1. The Morgan fingerprint density at radius 2 is 2.00 bits per heavy atom. The molecule has 0 saturated heterocycles. The van der Waals surface area contributed by atoms with Crippen LogP contribution in [-0.4, -0.2) is 5.91 Å². The molecular weight excluding hydrogens is 255 g/mol. The monoisotopic (exact) mass is 266 g/mol. The second-order valence-electron chi connectivity index (χ2n) is 3.48. The topological polar surface area (TPSA) is 64.3 Å². The lowest BCUT2D eigenvalue weighted by molar-refractivity contribution is 0.0957. The van der Waals surface area contributed by atoms with Crippen LogP contribution in [0.1, 0.15) is 14.5 Å². The lowest BCUT2D eigenvalue weighted by atomic mass is 10.3. The molecule has 2 aromatic rings. The molecular formula is C12H11FN2O2S. The van der Waals surface area contributed by atoms with Gasteiger partial charge in [0, 0.05) is 4.88 Å². The van der Waals surface area contributed by atoms with Crippen LogP contribution in [0.2, 0.25) is 0 Å². The first-order valence-electron chi connectivity index (χ1n) is 5.17. The molecule has 0 aliphatic rings. The van der Waals surface area contributed by atoms with Crippen LogP contribution in [0, 0.1) is 5.82 Å². The van der Waals surface area contributed by atoms with E-state index in [0.29, 0.717) is 17.2 Å². The SMILES string of the molecule is NNC(=O)c1ccc(COc2ccc(F)cc2)s1. The molecule has 2 rings (SSSR count). The quantitative estimate of drug-likeness (QED) is 0.506. The molecule has 0 aliphatic heterocycles. The summed E-state index contributed by atoms with van der Waals surface area (Å²) in [6, 6.07) is 9.23. The number of hydrazine groups is 1. The molecule has 1 amide bonds. The standard InChI is InChI=1S/C12H11FN2O2S/c13-8-1-3-9(4-2-8)17-7-10-5-6-11(18-10)12(16)15-14/h1-6H,7,14H2,(H,15,16). The second-order valence-corrected chi connectivity index (χ2v) is 4.65. The van der Waals surface area contributed by atoms with Gasteiger partial charge in [-0.25, -0.2) is 10.2 Å². The van der Waals surface area contributed by atoms with E-state index in [1.165, 1.54) is 23.5 Å². The maximum atomic E-state index is 12.7. The van der Waals surface area contributed by atoms with Gasteiger partial charge in [0.2, 0.25) is 0 Å². The van der Waals surface area contributed by atoms with E-state index in [0.717, 1.165) is 4.88 Å². The zero-order valence-electron chi connectivity index (χ0n) is 9.35. The minimum atomic E-state index is -0.326. The van der Waals surface area contributed by atoms with E-state index in [1.807, 2.05) is 0 Å². The highest BCUT2D eigenvalue weighted by atomic mass is 32.1. The Bertz CT molecular complexity index is 539.